The summed E-state index contributed by atoms with van der Waals surface area (Å²) in [6.45, 7) is 2.91. The summed E-state index contributed by atoms with van der Waals surface area (Å²) in [4.78, 5) is 15.9. The molecule has 144 valence electrons. The van der Waals surface area contributed by atoms with Gasteiger partial charge in [-0.05, 0) is 55.6 Å². The summed E-state index contributed by atoms with van der Waals surface area (Å²) in [5.41, 5.74) is 7.49. The zero-order valence-electron chi connectivity index (χ0n) is 15.7. The highest BCUT2D eigenvalue weighted by molar-refractivity contribution is 7.98. The van der Waals surface area contributed by atoms with E-state index in [1.54, 1.807) is 11.8 Å². The van der Waals surface area contributed by atoms with Crippen LogP contribution in [0.3, 0.4) is 0 Å². The topological polar surface area (TPSA) is 55.6 Å². The number of carbonyl (C=O) groups excluding carboxylic acids is 1. The lowest BCUT2D eigenvalue weighted by Crippen LogP contribution is -2.41. The number of hydrogen-bond acceptors (Lipinski definition) is 4. The predicted octanol–water partition coefficient (Wildman–Crippen LogP) is 3.95. The molecule has 0 unspecified atom stereocenters. The van der Waals surface area contributed by atoms with Crippen molar-refractivity contribution in [3.63, 3.8) is 0 Å². The van der Waals surface area contributed by atoms with Crippen LogP contribution in [0.2, 0.25) is 0 Å². The van der Waals surface area contributed by atoms with E-state index in [1.165, 1.54) is 10.5 Å². The Hall–Kier alpha value is -1.82. The zero-order chi connectivity index (χ0) is 18.9. The Morgan fingerprint density at radius 2 is 1.78 bits per heavy atom. The van der Waals surface area contributed by atoms with Gasteiger partial charge in [-0.2, -0.15) is 0 Å². The number of hydrogen-bond donors (Lipinski definition) is 1. The van der Waals surface area contributed by atoms with Crippen LogP contribution in [0.25, 0.3) is 0 Å². The van der Waals surface area contributed by atoms with E-state index in [4.69, 9.17) is 10.5 Å². The normalized spacial score (nSPS) is 15.1. The summed E-state index contributed by atoms with van der Waals surface area (Å²) in [6.07, 6.45) is 2.97. The minimum Gasteiger partial charge on any atom is -0.378 e. The van der Waals surface area contributed by atoms with Gasteiger partial charge in [0.25, 0.3) is 5.91 Å². The molecule has 0 spiro atoms. The van der Waals surface area contributed by atoms with Gasteiger partial charge in [-0.25, -0.2) is 0 Å². The molecule has 0 saturated carbocycles. The van der Waals surface area contributed by atoms with Gasteiger partial charge < -0.3 is 15.4 Å². The number of nitrogens with two attached hydrogens (primary N) is 1. The molecule has 0 bridgehead atoms. The van der Waals surface area contributed by atoms with E-state index in [9.17, 15) is 4.79 Å². The average molecular weight is 385 g/mol. The van der Waals surface area contributed by atoms with Crippen molar-refractivity contribution in [3.8, 4) is 0 Å². The highest BCUT2D eigenvalue weighted by Crippen LogP contribution is 2.23. The first kappa shape index (κ1) is 19.9. The molecule has 1 saturated heterocycles. The van der Waals surface area contributed by atoms with Crippen molar-refractivity contribution >= 4 is 17.7 Å². The summed E-state index contributed by atoms with van der Waals surface area (Å²) in [7, 11) is 0. The molecule has 0 aliphatic carbocycles. The Morgan fingerprint density at radius 3 is 2.44 bits per heavy atom. The minimum absolute atomic E-state index is 0.123. The third kappa shape index (κ3) is 6.09. The molecule has 4 nitrogen and oxygen atoms in total. The van der Waals surface area contributed by atoms with Crippen molar-refractivity contribution < 1.29 is 9.53 Å². The zero-order valence-corrected chi connectivity index (χ0v) is 16.5. The van der Waals surface area contributed by atoms with E-state index >= 15 is 0 Å². The van der Waals surface area contributed by atoms with E-state index in [1.807, 2.05) is 23.1 Å². The van der Waals surface area contributed by atoms with Gasteiger partial charge in [0, 0.05) is 35.9 Å². The largest absolute Gasteiger partial charge is 0.378 e. The van der Waals surface area contributed by atoms with E-state index in [-0.39, 0.29) is 12.0 Å². The van der Waals surface area contributed by atoms with Gasteiger partial charge in [-0.15, -0.1) is 11.8 Å². The number of likely N-dealkylation sites (tertiary alicyclic amines) is 1. The van der Waals surface area contributed by atoms with Crippen molar-refractivity contribution in [2.24, 2.45) is 5.73 Å². The van der Waals surface area contributed by atoms with Crippen molar-refractivity contribution in [3.05, 3.63) is 65.7 Å². The smallest absolute Gasteiger partial charge is 0.253 e. The lowest BCUT2D eigenvalue weighted by molar-refractivity contribution is 0.00845. The van der Waals surface area contributed by atoms with Gasteiger partial charge in [0.2, 0.25) is 0 Å². The third-order valence-corrected chi connectivity index (χ3v) is 5.86. The van der Waals surface area contributed by atoms with Crippen LogP contribution >= 0.6 is 11.8 Å². The monoisotopic (exact) mass is 384 g/mol. The Labute approximate surface area is 166 Å². The fourth-order valence-electron chi connectivity index (χ4n) is 3.17. The Bertz CT molecular complexity index is 698. The predicted molar refractivity (Wildman–Crippen MR) is 111 cm³/mol. The fraction of sp³-hybridized carbons (Fsp3) is 0.409. The van der Waals surface area contributed by atoms with E-state index in [2.05, 4.69) is 36.4 Å². The van der Waals surface area contributed by atoms with Crippen LogP contribution < -0.4 is 5.73 Å². The molecule has 1 heterocycles. The SMILES string of the molecule is NCCCOC1CCN(C(=O)c2ccc(CSc3ccccc3)cc2)CC1. The molecule has 2 aromatic carbocycles. The van der Waals surface area contributed by atoms with E-state index in [0.29, 0.717) is 6.54 Å². The summed E-state index contributed by atoms with van der Waals surface area (Å²) in [6, 6.07) is 18.4. The van der Waals surface area contributed by atoms with Gasteiger partial charge in [0.1, 0.15) is 0 Å². The van der Waals surface area contributed by atoms with Gasteiger partial charge in [0.05, 0.1) is 6.10 Å². The molecule has 0 atom stereocenters. The average Bonchev–Trinajstić information content (AvgIpc) is 2.74. The van der Waals surface area contributed by atoms with Gasteiger partial charge in [0.15, 0.2) is 0 Å². The minimum atomic E-state index is 0.123. The van der Waals surface area contributed by atoms with E-state index in [0.717, 1.165) is 50.3 Å². The Morgan fingerprint density at radius 1 is 1.07 bits per heavy atom. The number of benzene rings is 2. The molecule has 2 aromatic rings. The standard InChI is InChI=1S/C22H28N2O2S/c23-13-4-16-26-20-11-14-24(15-12-20)22(25)19-9-7-18(8-10-19)17-27-21-5-2-1-3-6-21/h1-3,5-10,20H,4,11-17,23H2. The first-order chi connectivity index (χ1) is 13.3. The molecular weight excluding hydrogens is 356 g/mol. The maximum absolute atomic E-state index is 12.7. The van der Waals surface area contributed by atoms with Crippen LogP contribution in [0.5, 0.6) is 0 Å². The van der Waals surface area contributed by atoms with Crippen LogP contribution in [-0.4, -0.2) is 43.2 Å². The molecule has 2 N–H and O–H groups in total. The number of amides is 1. The summed E-state index contributed by atoms with van der Waals surface area (Å²) < 4.78 is 5.82. The highest BCUT2D eigenvalue weighted by Gasteiger charge is 2.23. The third-order valence-electron chi connectivity index (χ3n) is 4.78. The molecular formula is C22H28N2O2S. The van der Waals surface area contributed by atoms with Gasteiger partial charge in [-0.3, -0.25) is 4.79 Å². The summed E-state index contributed by atoms with van der Waals surface area (Å²) in [5, 5.41) is 0. The molecule has 5 heteroatoms. The van der Waals surface area contributed by atoms with Gasteiger partial charge >= 0.3 is 0 Å². The summed E-state index contributed by atoms with van der Waals surface area (Å²) in [5.74, 6) is 1.03. The second-order valence-corrected chi connectivity index (χ2v) is 7.85. The quantitative estimate of drug-likeness (QED) is 0.553. The molecule has 1 fully saturated rings. The lowest BCUT2D eigenvalue weighted by Gasteiger charge is -2.32. The van der Waals surface area contributed by atoms with Gasteiger partial charge in [-0.1, -0.05) is 30.3 Å². The molecule has 3 rings (SSSR count). The number of ether oxygens (including phenoxy) is 1. The number of nitrogens with zero attached hydrogens (tertiary/aromatic N) is 1. The number of rotatable bonds is 8. The molecule has 0 radical (unpaired) electrons. The van der Waals surface area contributed by atoms with Crippen molar-refractivity contribution in [2.45, 2.75) is 36.0 Å². The van der Waals surface area contributed by atoms with Crippen molar-refractivity contribution in [2.75, 3.05) is 26.2 Å². The number of thioether (sulfide) groups is 1. The molecule has 27 heavy (non-hydrogen) atoms. The van der Waals surface area contributed by atoms with E-state index < -0.39 is 0 Å². The highest BCUT2D eigenvalue weighted by atomic mass is 32.2. The maximum Gasteiger partial charge on any atom is 0.253 e. The molecule has 1 amide bonds. The second-order valence-electron chi connectivity index (χ2n) is 6.80. The first-order valence-electron chi connectivity index (χ1n) is 9.64. The fourth-order valence-corrected chi connectivity index (χ4v) is 4.04. The Balaban J connectivity index is 1.46. The first-order valence-corrected chi connectivity index (χ1v) is 10.6. The number of carbonyl (C=O) groups is 1. The van der Waals surface area contributed by atoms with Crippen LogP contribution in [-0.2, 0) is 10.5 Å². The lowest BCUT2D eigenvalue weighted by atomic mass is 10.1. The van der Waals surface area contributed by atoms with Crippen molar-refractivity contribution in [1.82, 2.24) is 4.90 Å². The van der Waals surface area contributed by atoms with Crippen LogP contribution in [0, 0.1) is 0 Å². The van der Waals surface area contributed by atoms with Crippen molar-refractivity contribution in [1.29, 1.82) is 0 Å². The number of piperidine rings is 1. The molecule has 1 aliphatic rings. The molecule has 0 aromatic heterocycles. The Kier molecular flexibility index (Phi) is 7.75. The maximum atomic E-state index is 12.7. The second kappa shape index (κ2) is 10.5. The molecule has 1 aliphatic heterocycles. The summed E-state index contributed by atoms with van der Waals surface area (Å²) >= 11 is 1.81. The van der Waals surface area contributed by atoms with Crippen LogP contribution in [0.4, 0.5) is 0 Å². The van der Waals surface area contributed by atoms with Crippen LogP contribution in [0.15, 0.2) is 59.5 Å². The van der Waals surface area contributed by atoms with Crippen LogP contribution in [0.1, 0.15) is 35.2 Å².